The number of ether oxygens (including phenoxy) is 2. The molecule has 1 aliphatic heterocycles. The summed E-state index contributed by atoms with van der Waals surface area (Å²) in [6.07, 6.45) is 1.01. The Kier molecular flexibility index (Phi) is 4.09. The van der Waals surface area contributed by atoms with E-state index in [1.807, 2.05) is 6.92 Å². The normalized spacial score (nSPS) is 15.2. The van der Waals surface area contributed by atoms with Gasteiger partial charge in [-0.3, -0.25) is 0 Å². The lowest BCUT2D eigenvalue weighted by Gasteiger charge is -2.19. The van der Waals surface area contributed by atoms with Gasteiger partial charge in [-0.05, 0) is 57.1 Å². The van der Waals surface area contributed by atoms with Crippen molar-refractivity contribution in [2.75, 3.05) is 20.4 Å². The summed E-state index contributed by atoms with van der Waals surface area (Å²) in [7, 11) is 2.12. The molecule has 2 N–H and O–H groups in total. The van der Waals surface area contributed by atoms with Crippen LogP contribution < -0.4 is 15.2 Å². The van der Waals surface area contributed by atoms with Crippen LogP contribution in [0, 0.1) is 6.92 Å². The van der Waals surface area contributed by atoms with E-state index in [9.17, 15) is 0 Å². The number of rotatable bonds is 5. The highest BCUT2D eigenvalue weighted by molar-refractivity contribution is 5.48. The van der Waals surface area contributed by atoms with Gasteiger partial charge in [0.25, 0.3) is 0 Å². The van der Waals surface area contributed by atoms with Crippen molar-refractivity contribution in [3.05, 3.63) is 23.3 Å². The van der Waals surface area contributed by atoms with Gasteiger partial charge >= 0.3 is 0 Å². The molecule has 0 radical (unpaired) electrons. The van der Waals surface area contributed by atoms with Gasteiger partial charge in [-0.15, -0.1) is 0 Å². The molecule has 0 spiro atoms. The molecule has 1 atom stereocenters. The zero-order valence-electron chi connectivity index (χ0n) is 11.4. The highest BCUT2D eigenvalue weighted by Crippen LogP contribution is 2.34. The molecule has 1 aromatic carbocycles. The van der Waals surface area contributed by atoms with Crippen molar-refractivity contribution in [1.82, 2.24) is 4.90 Å². The molecule has 0 bridgehead atoms. The maximum absolute atomic E-state index is 5.77. The van der Waals surface area contributed by atoms with Crippen molar-refractivity contribution in [3.8, 4) is 11.5 Å². The number of hydrogen-bond donors (Lipinski definition) is 1. The lowest BCUT2D eigenvalue weighted by atomic mass is 10.1. The summed E-state index contributed by atoms with van der Waals surface area (Å²) in [5.41, 5.74) is 8.30. The zero-order chi connectivity index (χ0) is 13.1. The summed E-state index contributed by atoms with van der Waals surface area (Å²) in [6, 6.07) is 4.39. The second-order valence-corrected chi connectivity index (χ2v) is 5.14. The van der Waals surface area contributed by atoms with Crippen LogP contribution in [0.15, 0.2) is 12.1 Å². The number of nitrogens with zero attached hydrogens (tertiary/aromatic N) is 1. The van der Waals surface area contributed by atoms with E-state index in [0.717, 1.165) is 31.0 Å². The van der Waals surface area contributed by atoms with Crippen LogP contribution in [-0.4, -0.2) is 31.3 Å². The highest BCUT2D eigenvalue weighted by atomic mass is 16.7. The molecule has 0 amide bonds. The second kappa shape index (κ2) is 5.59. The summed E-state index contributed by atoms with van der Waals surface area (Å²) in [4.78, 5) is 2.29. The Bertz CT molecular complexity index is 419. The van der Waals surface area contributed by atoms with Gasteiger partial charge in [0.1, 0.15) is 0 Å². The van der Waals surface area contributed by atoms with E-state index in [2.05, 4.69) is 31.0 Å². The predicted octanol–water partition coefficient (Wildman–Crippen LogP) is 1.89. The average molecular weight is 250 g/mol. The molecule has 1 aromatic rings. The summed E-state index contributed by atoms with van der Waals surface area (Å²) in [6.45, 7) is 6.40. The molecular weight excluding hydrogens is 228 g/mol. The molecule has 0 aromatic heterocycles. The number of hydrogen-bond acceptors (Lipinski definition) is 4. The lowest BCUT2D eigenvalue weighted by Crippen LogP contribution is -2.26. The van der Waals surface area contributed by atoms with Gasteiger partial charge in [0.05, 0.1) is 0 Å². The van der Waals surface area contributed by atoms with Gasteiger partial charge in [0.15, 0.2) is 11.5 Å². The molecule has 1 unspecified atom stereocenters. The molecule has 0 aliphatic carbocycles. The minimum atomic E-state index is 0.255. The van der Waals surface area contributed by atoms with Gasteiger partial charge in [0, 0.05) is 12.6 Å². The van der Waals surface area contributed by atoms with Crippen molar-refractivity contribution in [3.63, 3.8) is 0 Å². The minimum Gasteiger partial charge on any atom is -0.454 e. The Morgan fingerprint density at radius 3 is 2.67 bits per heavy atom. The van der Waals surface area contributed by atoms with E-state index >= 15 is 0 Å². The predicted molar refractivity (Wildman–Crippen MR) is 71.9 cm³/mol. The highest BCUT2D eigenvalue weighted by Gasteiger charge is 2.16. The van der Waals surface area contributed by atoms with Gasteiger partial charge in [-0.2, -0.15) is 0 Å². The monoisotopic (exact) mass is 250 g/mol. The van der Waals surface area contributed by atoms with Crippen molar-refractivity contribution >= 4 is 0 Å². The van der Waals surface area contributed by atoms with Crippen LogP contribution in [0.3, 0.4) is 0 Å². The first kappa shape index (κ1) is 13.2. The Labute approximate surface area is 109 Å². The quantitative estimate of drug-likeness (QED) is 0.867. The molecule has 1 heterocycles. The van der Waals surface area contributed by atoms with E-state index in [4.69, 9.17) is 15.2 Å². The Morgan fingerprint density at radius 2 is 2.00 bits per heavy atom. The lowest BCUT2D eigenvalue weighted by molar-refractivity contribution is 0.174. The molecule has 4 heteroatoms. The van der Waals surface area contributed by atoms with Crippen molar-refractivity contribution in [2.45, 2.75) is 32.9 Å². The van der Waals surface area contributed by atoms with E-state index in [1.54, 1.807) is 0 Å². The summed E-state index contributed by atoms with van der Waals surface area (Å²) in [5, 5.41) is 0. The summed E-state index contributed by atoms with van der Waals surface area (Å²) < 4.78 is 10.8. The fourth-order valence-electron chi connectivity index (χ4n) is 2.05. The minimum absolute atomic E-state index is 0.255. The van der Waals surface area contributed by atoms with Crippen LogP contribution in [0.2, 0.25) is 0 Å². The smallest absolute Gasteiger partial charge is 0.231 e. The van der Waals surface area contributed by atoms with Gasteiger partial charge in [-0.1, -0.05) is 0 Å². The molecular formula is C14H22N2O2. The topological polar surface area (TPSA) is 47.7 Å². The van der Waals surface area contributed by atoms with Gasteiger partial charge < -0.3 is 20.1 Å². The third kappa shape index (κ3) is 3.15. The number of nitrogens with two attached hydrogens (primary N) is 1. The third-order valence-corrected chi connectivity index (χ3v) is 3.24. The third-order valence-electron chi connectivity index (χ3n) is 3.24. The molecule has 2 rings (SSSR count). The van der Waals surface area contributed by atoms with Gasteiger partial charge in [-0.25, -0.2) is 0 Å². The molecule has 0 saturated carbocycles. The van der Waals surface area contributed by atoms with Crippen molar-refractivity contribution < 1.29 is 9.47 Å². The molecule has 0 fully saturated rings. The Morgan fingerprint density at radius 1 is 1.33 bits per heavy atom. The largest absolute Gasteiger partial charge is 0.454 e. The number of benzene rings is 1. The maximum Gasteiger partial charge on any atom is 0.231 e. The van der Waals surface area contributed by atoms with E-state index in [-0.39, 0.29) is 6.04 Å². The van der Waals surface area contributed by atoms with Crippen LogP contribution in [0.1, 0.15) is 24.5 Å². The standard InChI is InChI=1S/C14H22N2O2/c1-10-6-13-14(18-9-17-13)7-12(10)8-16(3)5-4-11(2)15/h6-7,11H,4-5,8-9,15H2,1-3H3. The molecule has 1 aliphatic rings. The number of fused-ring (bicyclic) bond motifs is 1. The van der Waals surface area contributed by atoms with Crippen LogP contribution in [0.25, 0.3) is 0 Å². The SMILES string of the molecule is Cc1cc2c(cc1CN(C)CCC(C)N)OCO2. The van der Waals surface area contributed by atoms with Crippen LogP contribution in [-0.2, 0) is 6.54 Å². The molecule has 100 valence electrons. The van der Waals surface area contributed by atoms with E-state index < -0.39 is 0 Å². The fraction of sp³-hybridized carbons (Fsp3) is 0.571. The molecule has 0 saturated heterocycles. The Hall–Kier alpha value is -1.26. The Balaban J connectivity index is 2.00. The first-order chi connectivity index (χ1) is 8.56. The van der Waals surface area contributed by atoms with Crippen molar-refractivity contribution in [2.24, 2.45) is 5.73 Å². The summed E-state index contributed by atoms with van der Waals surface area (Å²) in [5.74, 6) is 1.71. The van der Waals surface area contributed by atoms with E-state index in [1.165, 1.54) is 11.1 Å². The fourth-order valence-corrected chi connectivity index (χ4v) is 2.05. The first-order valence-corrected chi connectivity index (χ1v) is 6.39. The van der Waals surface area contributed by atoms with Gasteiger partial charge in [0.2, 0.25) is 6.79 Å². The van der Waals surface area contributed by atoms with Crippen molar-refractivity contribution in [1.29, 1.82) is 0 Å². The number of aryl methyl sites for hydroxylation is 1. The molecule has 18 heavy (non-hydrogen) atoms. The summed E-state index contributed by atoms with van der Waals surface area (Å²) >= 11 is 0. The average Bonchev–Trinajstić information content (AvgIpc) is 2.74. The first-order valence-electron chi connectivity index (χ1n) is 6.39. The van der Waals surface area contributed by atoms with Crippen LogP contribution in [0.4, 0.5) is 0 Å². The second-order valence-electron chi connectivity index (χ2n) is 5.14. The van der Waals surface area contributed by atoms with Crippen LogP contribution in [0.5, 0.6) is 11.5 Å². The molecule has 4 nitrogen and oxygen atoms in total. The zero-order valence-corrected chi connectivity index (χ0v) is 11.4. The van der Waals surface area contributed by atoms with Crippen LogP contribution >= 0.6 is 0 Å². The van der Waals surface area contributed by atoms with E-state index in [0.29, 0.717) is 6.79 Å². The maximum atomic E-state index is 5.77.